The average molecular weight is 297 g/mol. The third-order valence-electron chi connectivity index (χ3n) is 3.92. The number of urea groups is 1. The van der Waals surface area contributed by atoms with Crippen LogP contribution in [-0.2, 0) is 17.6 Å². The second kappa shape index (κ2) is 5.55. The second-order valence-corrected chi connectivity index (χ2v) is 5.34. The monoisotopic (exact) mass is 297 g/mol. The summed E-state index contributed by atoms with van der Waals surface area (Å²) in [7, 11) is 1.47. The van der Waals surface area contributed by atoms with E-state index in [1.165, 1.54) is 7.05 Å². The molecule has 1 aliphatic carbocycles. The van der Waals surface area contributed by atoms with E-state index in [2.05, 4.69) is 15.6 Å². The Kier molecular flexibility index (Phi) is 3.58. The van der Waals surface area contributed by atoms with Gasteiger partial charge in [-0.05, 0) is 42.2 Å². The molecule has 2 aromatic rings. The predicted molar refractivity (Wildman–Crippen MR) is 80.6 cm³/mol. The Hall–Kier alpha value is -2.76. The van der Waals surface area contributed by atoms with Crippen molar-refractivity contribution in [3.05, 3.63) is 41.1 Å². The van der Waals surface area contributed by atoms with Crippen molar-refractivity contribution in [2.75, 3.05) is 7.05 Å². The Morgan fingerprint density at radius 2 is 1.95 bits per heavy atom. The molecule has 1 aromatic carbocycles. The number of nitrogens with one attached hydrogen (secondary N) is 2. The van der Waals surface area contributed by atoms with Crippen LogP contribution in [0.5, 0.6) is 0 Å². The van der Waals surface area contributed by atoms with E-state index < -0.39 is 6.03 Å². The van der Waals surface area contributed by atoms with Gasteiger partial charge >= 0.3 is 6.03 Å². The van der Waals surface area contributed by atoms with E-state index in [0.717, 1.165) is 22.0 Å². The van der Waals surface area contributed by atoms with Crippen molar-refractivity contribution in [3.63, 3.8) is 0 Å². The number of aldehydes is 1. The summed E-state index contributed by atoms with van der Waals surface area (Å²) in [5, 5.41) is 5.62. The summed E-state index contributed by atoms with van der Waals surface area (Å²) >= 11 is 0. The fourth-order valence-electron chi connectivity index (χ4n) is 2.79. The molecule has 0 bridgehead atoms. The Morgan fingerprint density at radius 1 is 1.23 bits per heavy atom. The summed E-state index contributed by atoms with van der Waals surface area (Å²) in [5.74, 6) is -0.532. The number of rotatable bonds is 2. The first-order valence-electron chi connectivity index (χ1n) is 7.01. The lowest BCUT2D eigenvalue weighted by Gasteiger charge is -2.08. The number of benzene rings is 1. The zero-order valence-corrected chi connectivity index (χ0v) is 12.1. The summed E-state index contributed by atoms with van der Waals surface area (Å²) in [6, 6.07) is 6.95. The van der Waals surface area contributed by atoms with Gasteiger partial charge in [0, 0.05) is 18.4 Å². The van der Waals surface area contributed by atoms with Crippen LogP contribution in [0.4, 0.5) is 4.79 Å². The number of hydrogen-bond acceptors (Lipinski definition) is 4. The van der Waals surface area contributed by atoms with E-state index in [4.69, 9.17) is 0 Å². The largest absolute Gasteiger partial charge is 0.341 e. The number of carbonyl (C=O) groups excluding carboxylic acids is 3. The summed E-state index contributed by atoms with van der Waals surface area (Å²) in [5.41, 5.74) is 3.26. The molecule has 1 heterocycles. The van der Waals surface area contributed by atoms with Crippen molar-refractivity contribution < 1.29 is 14.4 Å². The number of nitrogens with zero attached hydrogens (tertiary/aromatic N) is 1. The summed E-state index contributed by atoms with van der Waals surface area (Å²) in [6.45, 7) is 0. The van der Waals surface area contributed by atoms with Crippen LogP contribution in [0.25, 0.3) is 10.9 Å². The first-order chi connectivity index (χ1) is 10.6. The maximum Gasteiger partial charge on any atom is 0.321 e. The SMILES string of the molecule is CNC(=O)NC(=O)C1Cc2cc3ccc(C=O)nc3cc2C1. The van der Waals surface area contributed by atoms with Gasteiger partial charge in [-0.25, -0.2) is 9.78 Å². The molecule has 0 spiro atoms. The molecular formula is C16H15N3O3. The molecule has 2 N–H and O–H groups in total. The highest BCUT2D eigenvalue weighted by atomic mass is 16.2. The minimum atomic E-state index is -0.497. The van der Waals surface area contributed by atoms with Gasteiger partial charge in [0.25, 0.3) is 0 Å². The molecule has 0 aliphatic heterocycles. The number of aromatic nitrogens is 1. The molecule has 1 atom stereocenters. The van der Waals surface area contributed by atoms with Crippen molar-refractivity contribution in [1.29, 1.82) is 0 Å². The molecule has 1 unspecified atom stereocenters. The number of fused-ring (bicyclic) bond motifs is 2. The molecule has 0 saturated heterocycles. The van der Waals surface area contributed by atoms with E-state index in [9.17, 15) is 14.4 Å². The maximum absolute atomic E-state index is 12.0. The normalized spacial score (nSPS) is 16.1. The molecule has 6 heteroatoms. The van der Waals surface area contributed by atoms with Crippen LogP contribution >= 0.6 is 0 Å². The van der Waals surface area contributed by atoms with Crippen LogP contribution in [0.3, 0.4) is 0 Å². The van der Waals surface area contributed by atoms with Crippen LogP contribution in [0, 0.1) is 5.92 Å². The van der Waals surface area contributed by atoms with Gasteiger partial charge in [-0.1, -0.05) is 6.07 Å². The lowest BCUT2D eigenvalue weighted by Crippen LogP contribution is -2.41. The smallest absolute Gasteiger partial charge is 0.321 e. The number of hydrogen-bond donors (Lipinski definition) is 2. The van der Waals surface area contributed by atoms with Crippen molar-refractivity contribution in [3.8, 4) is 0 Å². The maximum atomic E-state index is 12.0. The Bertz CT molecular complexity index is 786. The highest BCUT2D eigenvalue weighted by molar-refractivity contribution is 5.96. The summed E-state index contributed by atoms with van der Waals surface area (Å²) in [6.07, 6.45) is 1.89. The van der Waals surface area contributed by atoms with Crippen LogP contribution in [0.1, 0.15) is 21.6 Å². The van der Waals surface area contributed by atoms with Gasteiger partial charge in [0.15, 0.2) is 6.29 Å². The molecule has 112 valence electrons. The van der Waals surface area contributed by atoms with E-state index in [1.54, 1.807) is 6.07 Å². The molecule has 1 aliphatic rings. The topological polar surface area (TPSA) is 88.2 Å². The second-order valence-electron chi connectivity index (χ2n) is 5.34. The fraction of sp³-hybridized carbons (Fsp3) is 0.250. The predicted octanol–water partition coefficient (Wildman–Crippen LogP) is 1.22. The number of carbonyl (C=O) groups is 3. The average Bonchev–Trinajstić information content (AvgIpc) is 2.94. The van der Waals surface area contributed by atoms with Gasteiger partial charge in [-0.2, -0.15) is 0 Å². The minimum Gasteiger partial charge on any atom is -0.341 e. The molecule has 22 heavy (non-hydrogen) atoms. The standard InChI is InChI=1S/C16H15N3O3/c1-17-16(22)19-15(21)12-5-10-4-9-2-3-13(8-20)18-14(9)7-11(10)6-12/h2-4,7-8,12H,5-6H2,1H3,(H2,17,19,21,22). The zero-order chi connectivity index (χ0) is 15.7. The van der Waals surface area contributed by atoms with Gasteiger partial charge in [0.1, 0.15) is 5.69 Å². The first-order valence-corrected chi connectivity index (χ1v) is 7.01. The zero-order valence-electron chi connectivity index (χ0n) is 12.1. The molecule has 6 nitrogen and oxygen atoms in total. The molecule has 1 aromatic heterocycles. The summed E-state index contributed by atoms with van der Waals surface area (Å²) in [4.78, 5) is 38.3. The molecule has 0 saturated carbocycles. The first kappa shape index (κ1) is 14.2. The van der Waals surface area contributed by atoms with Crippen LogP contribution < -0.4 is 10.6 Å². The van der Waals surface area contributed by atoms with Gasteiger partial charge < -0.3 is 5.32 Å². The molecule has 0 fully saturated rings. The molecule has 3 rings (SSSR count). The van der Waals surface area contributed by atoms with Crippen molar-refractivity contribution in [1.82, 2.24) is 15.6 Å². The van der Waals surface area contributed by atoms with Crippen LogP contribution in [0.2, 0.25) is 0 Å². The van der Waals surface area contributed by atoms with E-state index in [-0.39, 0.29) is 11.8 Å². The van der Waals surface area contributed by atoms with Crippen molar-refractivity contribution in [2.45, 2.75) is 12.8 Å². The third kappa shape index (κ3) is 2.55. The quantitative estimate of drug-likeness (QED) is 0.816. The van der Waals surface area contributed by atoms with E-state index in [0.29, 0.717) is 24.8 Å². The number of pyridine rings is 1. The molecule has 0 radical (unpaired) electrons. The Morgan fingerprint density at radius 3 is 2.64 bits per heavy atom. The Labute approximate surface area is 126 Å². The lowest BCUT2D eigenvalue weighted by atomic mass is 10.1. The highest BCUT2D eigenvalue weighted by Crippen LogP contribution is 2.30. The molecule has 3 amide bonds. The van der Waals surface area contributed by atoms with Gasteiger partial charge in [0.2, 0.25) is 5.91 Å². The van der Waals surface area contributed by atoms with Crippen LogP contribution in [0.15, 0.2) is 24.3 Å². The summed E-state index contributed by atoms with van der Waals surface area (Å²) < 4.78 is 0. The minimum absolute atomic E-state index is 0.255. The van der Waals surface area contributed by atoms with Gasteiger partial charge in [0.05, 0.1) is 5.52 Å². The molecular weight excluding hydrogens is 282 g/mol. The van der Waals surface area contributed by atoms with Crippen molar-refractivity contribution in [2.24, 2.45) is 5.92 Å². The Balaban J connectivity index is 1.86. The van der Waals surface area contributed by atoms with Crippen LogP contribution in [-0.4, -0.2) is 30.3 Å². The van der Waals surface area contributed by atoms with E-state index in [1.807, 2.05) is 18.2 Å². The fourth-order valence-corrected chi connectivity index (χ4v) is 2.79. The van der Waals surface area contributed by atoms with Gasteiger partial charge in [-0.3, -0.25) is 14.9 Å². The van der Waals surface area contributed by atoms with Gasteiger partial charge in [-0.15, -0.1) is 0 Å². The van der Waals surface area contributed by atoms with Crippen molar-refractivity contribution >= 4 is 29.1 Å². The van der Waals surface area contributed by atoms with E-state index >= 15 is 0 Å². The number of amides is 3. The number of imide groups is 1. The third-order valence-corrected chi connectivity index (χ3v) is 3.92. The highest BCUT2D eigenvalue weighted by Gasteiger charge is 2.28. The lowest BCUT2D eigenvalue weighted by molar-refractivity contribution is -0.123.